The molecule has 100 valence electrons. The van der Waals surface area contributed by atoms with Crippen LogP contribution in [0.15, 0.2) is 30.5 Å². The number of benzene rings is 1. The topological polar surface area (TPSA) is 96.2 Å². The zero-order valence-electron chi connectivity index (χ0n) is 10.8. The summed E-state index contributed by atoms with van der Waals surface area (Å²) in [6.07, 6.45) is 1.67. The van der Waals surface area contributed by atoms with Gasteiger partial charge in [0.25, 0.3) is 5.91 Å². The van der Waals surface area contributed by atoms with Gasteiger partial charge in [-0.3, -0.25) is 4.79 Å². The van der Waals surface area contributed by atoms with Gasteiger partial charge in [0.15, 0.2) is 0 Å². The van der Waals surface area contributed by atoms with Crippen LogP contribution < -0.4 is 16.2 Å². The molecule has 1 atom stereocenters. The van der Waals surface area contributed by atoms with Gasteiger partial charge >= 0.3 is 0 Å². The van der Waals surface area contributed by atoms with Crippen LogP contribution in [0, 0.1) is 0 Å². The highest BCUT2D eigenvalue weighted by molar-refractivity contribution is 5.90. The van der Waals surface area contributed by atoms with Crippen molar-refractivity contribution in [1.29, 1.82) is 0 Å². The molecule has 1 amide bonds. The molecule has 0 aliphatic heterocycles. The van der Waals surface area contributed by atoms with Crippen molar-refractivity contribution < 1.29 is 9.53 Å². The lowest BCUT2D eigenvalue weighted by molar-refractivity contribution is 0.0995. The molecule has 0 saturated carbocycles. The molecule has 2 aromatic rings. The smallest absolute Gasteiger partial charge is 0.269 e. The third-order valence-corrected chi connectivity index (χ3v) is 2.81. The molecule has 4 N–H and O–H groups in total. The molecule has 0 spiro atoms. The van der Waals surface area contributed by atoms with Crippen molar-refractivity contribution in [2.75, 3.05) is 7.11 Å². The number of hydrogen-bond acceptors (Lipinski definition) is 4. The summed E-state index contributed by atoms with van der Waals surface area (Å²) in [6.45, 7) is 1.86. The number of ether oxygens (including phenoxy) is 1. The number of aromatic nitrogens is 2. The van der Waals surface area contributed by atoms with E-state index in [1.165, 1.54) is 0 Å². The van der Waals surface area contributed by atoms with Crippen LogP contribution >= 0.6 is 0 Å². The summed E-state index contributed by atoms with van der Waals surface area (Å²) in [7, 11) is 1.59. The fourth-order valence-corrected chi connectivity index (χ4v) is 1.96. The van der Waals surface area contributed by atoms with Gasteiger partial charge in [-0.25, -0.2) is 4.68 Å². The molecule has 0 fully saturated rings. The zero-order valence-corrected chi connectivity index (χ0v) is 10.8. The summed E-state index contributed by atoms with van der Waals surface area (Å²) < 4.78 is 6.88. The highest BCUT2D eigenvalue weighted by atomic mass is 16.5. The Morgan fingerprint density at radius 1 is 1.42 bits per heavy atom. The monoisotopic (exact) mass is 260 g/mol. The molecule has 0 unspecified atom stereocenters. The average molecular weight is 260 g/mol. The van der Waals surface area contributed by atoms with Crippen LogP contribution in [0.1, 0.15) is 29.0 Å². The van der Waals surface area contributed by atoms with Crippen LogP contribution in [0.5, 0.6) is 5.75 Å². The average Bonchev–Trinajstić information content (AvgIpc) is 2.87. The number of carbonyl (C=O) groups is 1. The maximum atomic E-state index is 11.1. The number of hydrogen-bond donors (Lipinski definition) is 2. The first-order chi connectivity index (χ1) is 9.04. The first kappa shape index (κ1) is 13.1. The molecule has 2 rings (SSSR count). The Labute approximate surface area is 111 Å². The van der Waals surface area contributed by atoms with Gasteiger partial charge in [0, 0.05) is 17.8 Å². The van der Waals surface area contributed by atoms with Crippen LogP contribution in [0.25, 0.3) is 5.69 Å². The maximum absolute atomic E-state index is 11.1. The summed E-state index contributed by atoms with van der Waals surface area (Å²) in [6, 6.07) is 6.87. The van der Waals surface area contributed by atoms with E-state index >= 15 is 0 Å². The van der Waals surface area contributed by atoms with Gasteiger partial charge in [-0.05, 0) is 25.1 Å². The molecule has 1 aromatic carbocycles. The molecule has 0 aliphatic carbocycles. The lowest BCUT2D eigenvalue weighted by Crippen LogP contribution is -2.14. The minimum absolute atomic E-state index is 0.207. The number of primary amides is 1. The largest absolute Gasteiger partial charge is 0.496 e. The Balaban J connectivity index is 2.57. The van der Waals surface area contributed by atoms with E-state index < -0.39 is 5.91 Å². The summed E-state index contributed by atoms with van der Waals surface area (Å²) >= 11 is 0. The molecule has 6 heteroatoms. The minimum atomic E-state index is -0.566. The number of methoxy groups -OCH3 is 1. The third kappa shape index (κ3) is 2.43. The van der Waals surface area contributed by atoms with Crippen LogP contribution in [-0.2, 0) is 0 Å². The van der Waals surface area contributed by atoms with Crippen molar-refractivity contribution in [3.8, 4) is 11.4 Å². The number of nitrogens with zero attached hydrogens (tertiary/aromatic N) is 2. The van der Waals surface area contributed by atoms with Crippen molar-refractivity contribution in [3.05, 3.63) is 41.7 Å². The van der Waals surface area contributed by atoms with E-state index in [0.717, 1.165) is 11.3 Å². The van der Waals surface area contributed by atoms with Crippen LogP contribution in [0.2, 0.25) is 0 Å². The zero-order chi connectivity index (χ0) is 14.0. The predicted molar refractivity (Wildman–Crippen MR) is 71.2 cm³/mol. The van der Waals surface area contributed by atoms with E-state index in [1.807, 2.05) is 25.1 Å². The maximum Gasteiger partial charge on any atom is 0.269 e. The summed E-state index contributed by atoms with van der Waals surface area (Å²) in [4.78, 5) is 11.1. The van der Waals surface area contributed by atoms with Crippen LogP contribution in [-0.4, -0.2) is 22.8 Å². The second-order valence-electron chi connectivity index (χ2n) is 4.19. The standard InChI is InChI=1S/C13H16N4O2/c1-8(14)12-10(4-3-5-11(12)19-2)17-7-6-9(16-17)13(15)18/h3-8H,14H2,1-2H3,(H2,15,18)/t8-/m1/s1. The quantitative estimate of drug-likeness (QED) is 0.857. The number of carbonyl (C=O) groups excluding carboxylic acids is 1. The van der Waals surface area contributed by atoms with Crippen LogP contribution in [0.3, 0.4) is 0 Å². The fraction of sp³-hybridized carbons (Fsp3) is 0.231. The summed E-state index contributed by atoms with van der Waals surface area (Å²) in [5.41, 5.74) is 13.0. The fourth-order valence-electron chi connectivity index (χ4n) is 1.96. The van der Waals surface area contributed by atoms with Gasteiger partial charge in [-0.15, -0.1) is 0 Å². The van der Waals surface area contributed by atoms with Crippen LogP contribution in [0.4, 0.5) is 0 Å². The lowest BCUT2D eigenvalue weighted by Gasteiger charge is -2.16. The second-order valence-corrected chi connectivity index (χ2v) is 4.19. The van der Waals surface area contributed by atoms with Gasteiger partial charge in [-0.1, -0.05) is 6.07 Å². The van der Waals surface area contributed by atoms with Crippen molar-refractivity contribution in [1.82, 2.24) is 9.78 Å². The highest BCUT2D eigenvalue weighted by Crippen LogP contribution is 2.29. The summed E-state index contributed by atoms with van der Waals surface area (Å²) in [5.74, 6) is 0.118. The Morgan fingerprint density at radius 2 is 2.16 bits per heavy atom. The van der Waals surface area contributed by atoms with Gasteiger partial charge in [0.1, 0.15) is 11.4 Å². The van der Waals surface area contributed by atoms with Gasteiger partial charge in [-0.2, -0.15) is 5.10 Å². The van der Waals surface area contributed by atoms with E-state index in [1.54, 1.807) is 24.1 Å². The van der Waals surface area contributed by atoms with E-state index in [2.05, 4.69) is 5.10 Å². The Morgan fingerprint density at radius 3 is 2.68 bits per heavy atom. The molecule has 0 radical (unpaired) electrons. The van der Waals surface area contributed by atoms with Crippen molar-refractivity contribution in [2.24, 2.45) is 11.5 Å². The first-order valence-corrected chi connectivity index (χ1v) is 5.83. The van der Waals surface area contributed by atoms with Gasteiger partial charge in [0.05, 0.1) is 12.8 Å². The SMILES string of the molecule is COc1cccc(-n2ccc(C(N)=O)n2)c1[C@@H](C)N. The molecule has 0 saturated heterocycles. The van der Waals surface area contributed by atoms with Crippen molar-refractivity contribution in [3.63, 3.8) is 0 Å². The molecule has 6 nitrogen and oxygen atoms in total. The Kier molecular flexibility index (Phi) is 3.52. The van der Waals surface area contributed by atoms with Gasteiger partial charge in [0.2, 0.25) is 0 Å². The normalized spacial score (nSPS) is 12.2. The lowest BCUT2D eigenvalue weighted by atomic mass is 10.1. The van der Waals surface area contributed by atoms with E-state index in [9.17, 15) is 4.79 Å². The molecule has 1 aromatic heterocycles. The third-order valence-electron chi connectivity index (χ3n) is 2.81. The molecule has 0 aliphatic rings. The number of rotatable bonds is 4. The summed E-state index contributed by atoms with van der Waals surface area (Å²) in [5, 5.41) is 4.13. The number of amides is 1. The second kappa shape index (κ2) is 5.11. The number of nitrogens with two attached hydrogens (primary N) is 2. The predicted octanol–water partition coefficient (Wildman–Crippen LogP) is 1.000. The highest BCUT2D eigenvalue weighted by Gasteiger charge is 2.16. The van der Waals surface area contributed by atoms with Gasteiger partial charge < -0.3 is 16.2 Å². The van der Waals surface area contributed by atoms with E-state index in [-0.39, 0.29) is 11.7 Å². The van der Waals surface area contributed by atoms with E-state index in [4.69, 9.17) is 16.2 Å². The minimum Gasteiger partial charge on any atom is -0.496 e. The molecular formula is C13H16N4O2. The van der Waals surface area contributed by atoms with E-state index in [0.29, 0.717) is 5.75 Å². The molecule has 19 heavy (non-hydrogen) atoms. The molecule has 0 bridgehead atoms. The molecule has 1 heterocycles. The van der Waals surface area contributed by atoms with Crippen molar-refractivity contribution >= 4 is 5.91 Å². The van der Waals surface area contributed by atoms with Crippen molar-refractivity contribution in [2.45, 2.75) is 13.0 Å². The first-order valence-electron chi connectivity index (χ1n) is 5.83. The Hall–Kier alpha value is -2.34. The Bertz CT molecular complexity index is 604. The molecular weight excluding hydrogens is 244 g/mol.